The summed E-state index contributed by atoms with van der Waals surface area (Å²) in [5.41, 5.74) is 2.33. The predicted molar refractivity (Wildman–Crippen MR) is 74.4 cm³/mol. The van der Waals surface area contributed by atoms with Crippen molar-refractivity contribution in [3.05, 3.63) is 62.9 Å². The summed E-state index contributed by atoms with van der Waals surface area (Å²) in [6, 6.07) is 6.48. The van der Waals surface area contributed by atoms with Crippen LogP contribution in [0.3, 0.4) is 0 Å². The van der Waals surface area contributed by atoms with Crippen LogP contribution in [0.2, 0.25) is 5.02 Å². The molecule has 0 radical (unpaired) electrons. The van der Waals surface area contributed by atoms with E-state index in [-0.39, 0.29) is 5.69 Å². The molecule has 0 fully saturated rings. The van der Waals surface area contributed by atoms with E-state index in [2.05, 4.69) is 10.3 Å². The lowest BCUT2D eigenvalue weighted by atomic mass is 10.1. The highest BCUT2D eigenvalue weighted by molar-refractivity contribution is 6.33. The molecular weight excluding hydrogens is 266 g/mol. The molecular formula is C13H12ClN3O2. The van der Waals surface area contributed by atoms with Gasteiger partial charge in [0.25, 0.3) is 5.69 Å². The van der Waals surface area contributed by atoms with Gasteiger partial charge in [0, 0.05) is 25.0 Å². The Balaban J connectivity index is 2.25. The minimum Gasteiger partial charge on any atom is -0.374 e. The minimum atomic E-state index is -0.454. The summed E-state index contributed by atoms with van der Waals surface area (Å²) in [4.78, 5) is 14.5. The van der Waals surface area contributed by atoms with Crippen molar-refractivity contribution in [3.63, 3.8) is 0 Å². The number of nitrogens with zero attached hydrogens (tertiary/aromatic N) is 2. The van der Waals surface area contributed by atoms with Crippen molar-refractivity contribution in [1.29, 1.82) is 0 Å². The predicted octanol–water partition coefficient (Wildman–Crippen LogP) is 3.56. The molecule has 0 aliphatic carbocycles. The number of pyridine rings is 1. The molecule has 0 amide bonds. The number of nitro groups is 1. The lowest BCUT2D eigenvalue weighted by Crippen LogP contribution is -2.04. The number of nitrogens with one attached hydrogen (secondary N) is 1. The van der Waals surface area contributed by atoms with E-state index in [1.54, 1.807) is 24.5 Å². The Morgan fingerprint density at radius 2 is 2.21 bits per heavy atom. The summed E-state index contributed by atoms with van der Waals surface area (Å²) in [7, 11) is 0. The fourth-order valence-corrected chi connectivity index (χ4v) is 1.94. The third kappa shape index (κ3) is 3.00. The summed E-state index contributed by atoms with van der Waals surface area (Å²) in [6.07, 6.45) is 3.43. The second-order valence-electron chi connectivity index (χ2n) is 4.05. The van der Waals surface area contributed by atoms with E-state index < -0.39 is 4.92 Å². The van der Waals surface area contributed by atoms with E-state index in [4.69, 9.17) is 11.6 Å². The van der Waals surface area contributed by atoms with Crippen LogP contribution in [-0.2, 0) is 6.54 Å². The number of para-hydroxylation sites is 1. The first-order valence-corrected chi connectivity index (χ1v) is 6.03. The zero-order chi connectivity index (χ0) is 13.8. The van der Waals surface area contributed by atoms with Crippen molar-refractivity contribution >= 4 is 23.0 Å². The maximum Gasteiger partial charge on any atom is 0.293 e. The Labute approximate surface area is 115 Å². The maximum absolute atomic E-state index is 10.9. The van der Waals surface area contributed by atoms with Crippen LogP contribution in [0, 0.1) is 17.0 Å². The molecule has 0 saturated carbocycles. The number of aryl methyl sites for hydroxylation is 1. The molecule has 1 aromatic carbocycles. The maximum atomic E-state index is 10.9. The van der Waals surface area contributed by atoms with Crippen molar-refractivity contribution in [2.75, 3.05) is 5.32 Å². The lowest BCUT2D eigenvalue weighted by molar-refractivity contribution is -0.383. The van der Waals surface area contributed by atoms with Gasteiger partial charge in [0.2, 0.25) is 0 Å². The summed E-state index contributed by atoms with van der Waals surface area (Å²) >= 11 is 6.00. The van der Waals surface area contributed by atoms with Crippen LogP contribution in [-0.4, -0.2) is 9.91 Å². The normalized spacial score (nSPS) is 10.2. The minimum absolute atomic E-state index is 0.0333. The van der Waals surface area contributed by atoms with Crippen molar-refractivity contribution in [2.45, 2.75) is 13.5 Å². The second-order valence-corrected chi connectivity index (χ2v) is 4.45. The Morgan fingerprint density at radius 3 is 2.89 bits per heavy atom. The molecule has 0 atom stereocenters. The van der Waals surface area contributed by atoms with E-state index in [1.165, 1.54) is 6.07 Å². The highest BCUT2D eigenvalue weighted by Gasteiger charge is 2.16. The third-order valence-electron chi connectivity index (χ3n) is 2.79. The number of benzene rings is 1. The van der Waals surface area contributed by atoms with Gasteiger partial charge in [-0.2, -0.15) is 0 Å². The van der Waals surface area contributed by atoms with Crippen LogP contribution in [0.15, 0.2) is 36.7 Å². The molecule has 98 valence electrons. The number of halogens is 1. The molecule has 0 spiro atoms. The second kappa shape index (κ2) is 5.67. The average Bonchev–Trinajstić information content (AvgIpc) is 2.38. The SMILES string of the molecule is Cc1ccncc1CNc1c(Cl)cccc1[N+](=O)[O-]. The van der Waals surface area contributed by atoms with Crippen LogP contribution in [0.4, 0.5) is 11.4 Å². The van der Waals surface area contributed by atoms with Gasteiger partial charge in [0.05, 0.1) is 9.95 Å². The molecule has 1 N–H and O–H groups in total. The summed E-state index contributed by atoms with van der Waals surface area (Å²) in [5.74, 6) is 0. The van der Waals surface area contributed by atoms with Gasteiger partial charge in [-0.15, -0.1) is 0 Å². The van der Waals surface area contributed by atoms with E-state index >= 15 is 0 Å². The summed E-state index contributed by atoms with van der Waals surface area (Å²) < 4.78 is 0. The van der Waals surface area contributed by atoms with Crippen LogP contribution < -0.4 is 5.32 Å². The van der Waals surface area contributed by atoms with Gasteiger partial charge in [0.1, 0.15) is 5.69 Å². The van der Waals surface area contributed by atoms with Gasteiger partial charge in [0.15, 0.2) is 0 Å². The van der Waals surface area contributed by atoms with Crippen molar-refractivity contribution in [3.8, 4) is 0 Å². The quantitative estimate of drug-likeness (QED) is 0.685. The van der Waals surface area contributed by atoms with E-state index in [9.17, 15) is 10.1 Å². The lowest BCUT2D eigenvalue weighted by Gasteiger charge is -2.10. The molecule has 0 bridgehead atoms. The van der Waals surface area contributed by atoms with E-state index in [0.717, 1.165) is 11.1 Å². The van der Waals surface area contributed by atoms with Crippen molar-refractivity contribution in [2.24, 2.45) is 0 Å². The van der Waals surface area contributed by atoms with E-state index in [1.807, 2.05) is 13.0 Å². The molecule has 0 aliphatic rings. The molecule has 2 rings (SSSR count). The smallest absolute Gasteiger partial charge is 0.293 e. The topological polar surface area (TPSA) is 68.1 Å². The highest BCUT2D eigenvalue weighted by Crippen LogP contribution is 2.32. The third-order valence-corrected chi connectivity index (χ3v) is 3.11. The number of aromatic nitrogens is 1. The number of rotatable bonds is 4. The molecule has 1 aromatic heterocycles. The standard InChI is InChI=1S/C13H12ClN3O2/c1-9-5-6-15-7-10(9)8-16-13-11(14)3-2-4-12(13)17(18)19/h2-7,16H,8H2,1H3. The summed E-state index contributed by atoms with van der Waals surface area (Å²) in [5, 5.41) is 14.3. The molecule has 0 unspecified atom stereocenters. The molecule has 5 nitrogen and oxygen atoms in total. The fourth-order valence-electron chi connectivity index (χ4n) is 1.71. The number of hydrogen-bond acceptors (Lipinski definition) is 4. The Kier molecular flexibility index (Phi) is 3.97. The van der Waals surface area contributed by atoms with Gasteiger partial charge in [-0.25, -0.2) is 0 Å². The average molecular weight is 278 g/mol. The van der Waals surface area contributed by atoms with Crippen LogP contribution in [0.5, 0.6) is 0 Å². The Bertz CT molecular complexity index is 617. The Morgan fingerprint density at radius 1 is 1.42 bits per heavy atom. The Hall–Kier alpha value is -2.14. The largest absolute Gasteiger partial charge is 0.374 e. The first kappa shape index (κ1) is 13.3. The van der Waals surface area contributed by atoms with Gasteiger partial charge < -0.3 is 5.32 Å². The van der Waals surface area contributed by atoms with Crippen LogP contribution >= 0.6 is 11.6 Å². The van der Waals surface area contributed by atoms with E-state index in [0.29, 0.717) is 17.3 Å². The molecule has 0 aliphatic heterocycles. The zero-order valence-corrected chi connectivity index (χ0v) is 11.0. The molecule has 2 aromatic rings. The fraction of sp³-hybridized carbons (Fsp3) is 0.154. The van der Waals surface area contributed by atoms with Crippen LogP contribution in [0.1, 0.15) is 11.1 Å². The highest BCUT2D eigenvalue weighted by atomic mass is 35.5. The van der Waals surface area contributed by atoms with Crippen molar-refractivity contribution in [1.82, 2.24) is 4.98 Å². The monoisotopic (exact) mass is 277 g/mol. The van der Waals surface area contributed by atoms with Gasteiger partial charge in [-0.3, -0.25) is 15.1 Å². The van der Waals surface area contributed by atoms with Crippen molar-refractivity contribution < 1.29 is 4.92 Å². The number of hydrogen-bond donors (Lipinski definition) is 1. The first-order chi connectivity index (χ1) is 9.09. The molecule has 1 heterocycles. The summed E-state index contributed by atoms with van der Waals surface area (Å²) in [6.45, 7) is 2.39. The van der Waals surface area contributed by atoms with Crippen LogP contribution in [0.25, 0.3) is 0 Å². The molecule has 19 heavy (non-hydrogen) atoms. The number of nitro benzene ring substituents is 1. The van der Waals surface area contributed by atoms with Gasteiger partial charge >= 0.3 is 0 Å². The molecule has 0 saturated heterocycles. The first-order valence-electron chi connectivity index (χ1n) is 5.66. The molecule has 6 heteroatoms. The number of anilines is 1. The zero-order valence-electron chi connectivity index (χ0n) is 10.3. The van der Waals surface area contributed by atoms with Gasteiger partial charge in [-0.1, -0.05) is 17.7 Å². The van der Waals surface area contributed by atoms with Gasteiger partial charge in [-0.05, 0) is 30.2 Å².